The summed E-state index contributed by atoms with van der Waals surface area (Å²) in [5, 5.41) is 0. The topological polar surface area (TPSA) is 25.8 Å². The standard InChI is InChI=1S/C8H10N2.CH4/c1-6-9-4-8(5-10-6)7-2-3-7;/h4-5,7H,2-3H2,1H3;1H4. The highest BCUT2D eigenvalue weighted by atomic mass is 14.8. The predicted octanol–water partition coefficient (Wildman–Crippen LogP) is 2.30. The summed E-state index contributed by atoms with van der Waals surface area (Å²) in [7, 11) is 0. The summed E-state index contributed by atoms with van der Waals surface area (Å²) in [6.07, 6.45) is 6.54. The molecule has 0 bridgehead atoms. The molecule has 2 rings (SSSR count). The summed E-state index contributed by atoms with van der Waals surface area (Å²) in [6.45, 7) is 1.91. The third kappa shape index (κ3) is 1.76. The highest BCUT2D eigenvalue weighted by Gasteiger charge is 2.23. The minimum absolute atomic E-state index is 0. The molecule has 1 saturated carbocycles. The van der Waals surface area contributed by atoms with Gasteiger partial charge in [-0.3, -0.25) is 0 Å². The third-order valence-electron chi connectivity index (χ3n) is 1.85. The van der Waals surface area contributed by atoms with E-state index in [2.05, 4.69) is 9.97 Å². The summed E-state index contributed by atoms with van der Waals surface area (Å²) in [5.41, 5.74) is 1.31. The van der Waals surface area contributed by atoms with Crippen LogP contribution in [0, 0.1) is 6.92 Å². The number of rotatable bonds is 1. The van der Waals surface area contributed by atoms with E-state index in [0.717, 1.165) is 11.7 Å². The fraction of sp³-hybridized carbons (Fsp3) is 0.556. The van der Waals surface area contributed by atoms with Gasteiger partial charge in [0, 0.05) is 12.4 Å². The molecule has 1 aliphatic carbocycles. The van der Waals surface area contributed by atoms with Crippen LogP contribution in [-0.4, -0.2) is 9.97 Å². The molecule has 11 heavy (non-hydrogen) atoms. The van der Waals surface area contributed by atoms with Crippen molar-refractivity contribution in [3.8, 4) is 0 Å². The highest BCUT2D eigenvalue weighted by Crippen LogP contribution is 2.39. The Balaban J connectivity index is 0.000000605. The molecule has 0 N–H and O–H groups in total. The van der Waals surface area contributed by atoms with Gasteiger partial charge < -0.3 is 0 Å². The number of nitrogens with zero attached hydrogens (tertiary/aromatic N) is 2. The third-order valence-corrected chi connectivity index (χ3v) is 1.85. The van der Waals surface area contributed by atoms with Gasteiger partial charge in [0.15, 0.2) is 0 Å². The van der Waals surface area contributed by atoms with Gasteiger partial charge in [0.25, 0.3) is 0 Å². The zero-order valence-corrected chi connectivity index (χ0v) is 6.04. The summed E-state index contributed by atoms with van der Waals surface area (Å²) in [5.74, 6) is 1.64. The molecule has 1 heterocycles. The lowest BCUT2D eigenvalue weighted by Crippen LogP contribution is -1.88. The van der Waals surface area contributed by atoms with Crippen LogP contribution in [0.3, 0.4) is 0 Å². The first-order chi connectivity index (χ1) is 4.86. The van der Waals surface area contributed by atoms with Crippen molar-refractivity contribution in [3.63, 3.8) is 0 Å². The van der Waals surface area contributed by atoms with E-state index in [1.807, 2.05) is 19.3 Å². The molecule has 0 unspecified atom stereocenters. The lowest BCUT2D eigenvalue weighted by molar-refractivity contribution is 0.983. The van der Waals surface area contributed by atoms with Gasteiger partial charge in [0.2, 0.25) is 0 Å². The van der Waals surface area contributed by atoms with Gasteiger partial charge in [0.1, 0.15) is 5.82 Å². The molecular formula is C9H14N2. The Morgan fingerprint density at radius 2 is 1.82 bits per heavy atom. The molecule has 2 heteroatoms. The van der Waals surface area contributed by atoms with Crippen LogP contribution in [-0.2, 0) is 0 Å². The van der Waals surface area contributed by atoms with Gasteiger partial charge in [-0.25, -0.2) is 9.97 Å². The SMILES string of the molecule is C.Cc1ncc(C2CC2)cn1. The second-order valence-corrected chi connectivity index (χ2v) is 2.84. The van der Waals surface area contributed by atoms with E-state index in [1.165, 1.54) is 18.4 Å². The monoisotopic (exact) mass is 150 g/mol. The average molecular weight is 150 g/mol. The van der Waals surface area contributed by atoms with Crippen molar-refractivity contribution in [2.45, 2.75) is 33.1 Å². The molecule has 0 saturated heterocycles. The van der Waals surface area contributed by atoms with Crippen molar-refractivity contribution >= 4 is 0 Å². The predicted molar refractivity (Wildman–Crippen MR) is 45.5 cm³/mol. The van der Waals surface area contributed by atoms with Crippen molar-refractivity contribution in [1.82, 2.24) is 9.97 Å². The molecule has 1 aromatic rings. The molecule has 0 atom stereocenters. The molecule has 60 valence electrons. The first-order valence-corrected chi connectivity index (χ1v) is 3.65. The minimum atomic E-state index is 0. The zero-order valence-electron chi connectivity index (χ0n) is 6.04. The van der Waals surface area contributed by atoms with Gasteiger partial charge in [-0.05, 0) is 31.2 Å². The second-order valence-electron chi connectivity index (χ2n) is 2.84. The number of aryl methyl sites for hydroxylation is 1. The van der Waals surface area contributed by atoms with E-state index in [9.17, 15) is 0 Å². The van der Waals surface area contributed by atoms with Crippen LogP contribution in [0.25, 0.3) is 0 Å². The number of aromatic nitrogens is 2. The second kappa shape index (κ2) is 2.99. The van der Waals surface area contributed by atoms with Crippen LogP contribution in [0.5, 0.6) is 0 Å². The summed E-state index contributed by atoms with van der Waals surface area (Å²) >= 11 is 0. The Hall–Kier alpha value is -0.920. The average Bonchev–Trinajstić information content (AvgIpc) is 2.71. The molecule has 2 nitrogen and oxygen atoms in total. The Kier molecular flexibility index (Phi) is 2.22. The molecule has 1 fully saturated rings. The largest absolute Gasteiger partial charge is 0.241 e. The van der Waals surface area contributed by atoms with Crippen LogP contribution in [0.1, 0.15) is 37.6 Å². The van der Waals surface area contributed by atoms with Gasteiger partial charge in [-0.1, -0.05) is 7.43 Å². The quantitative estimate of drug-likeness (QED) is 0.614. The smallest absolute Gasteiger partial charge is 0.125 e. The Morgan fingerprint density at radius 1 is 1.27 bits per heavy atom. The van der Waals surface area contributed by atoms with E-state index in [0.29, 0.717) is 0 Å². The maximum atomic E-state index is 4.13. The molecule has 0 amide bonds. The number of hydrogen-bond donors (Lipinski definition) is 0. The Bertz CT molecular complexity index is 224. The fourth-order valence-corrected chi connectivity index (χ4v) is 1.03. The Morgan fingerprint density at radius 3 is 2.27 bits per heavy atom. The molecule has 0 aliphatic heterocycles. The summed E-state index contributed by atoms with van der Waals surface area (Å²) in [6, 6.07) is 0. The van der Waals surface area contributed by atoms with Crippen LogP contribution in [0.4, 0.5) is 0 Å². The van der Waals surface area contributed by atoms with Crippen LogP contribution < -0.4 is 0 Å². The van der Waals surface area contributed by atoms with Crippen molar-refractivity contribution in [2.75, 3.05) is 0 Å². The van der Waals surface area contributed by atoms with Crippen LogP contribution in [0.15, 0.2) is 12.4 Å². The van der Waals surface area contributed by atoms with Gasteiger partial charge in [0.05, 0.1) is 0 Å². The maximum absolute atomic E-state index is 4.13. The molecule has 0 radical (unpaired) electrons. The molecule has 0 aromatic carbocycles. The first-order valence-electron chi connectivity index (χ1n) is 3.65. The Labute approximate surface area is 67.7 Å². The molecule has 1 aliphatic rings. The normalized spacial score (nSPS) is 15.7. The van der Waals surface area contributed by atoms with E-state index in [4.69, 9.17) is 0 Å². The van der Waals surface area contributed by atoms with Crippen molar-refractivity contribution in [1.29, 1.82) is 0 Å². The highest BCUT2D eigenvalue weighted by molar-refractivity contribution is 5.16. The molecule has 1 aromatic heterocycles. The van der Waals surface area contributed by atoms with Gasteiger partial charge >= 0.3 is 0 Å². The van der Waals surface area contributed by atoms with Crippen molar-refractivity contribution in [3.05, 3.63) is 23.8 Å². The van der Waals surface area contributed by atoms with E-state index in [1.54, 1.807) is 0 Å². The van der Waals surface area contributed by atoms with Crippen molar-refractivity contribution < 1.29 is 0 Å². The van der Waals surface area contributed by atoms with Crippen LogP contribution >= 0.6 is 0 Å². The van der Waals surface area contributed by atoms with E-state index in [-0.39, 0.29) is 7.43 Å². The fourth-order valence-electron chi connectivity index (χ4n) is 1.03. The van der Waals surface area contributed by atoms with Crippen LogP contribution in [0.2, 0.25) is 0 Å². The molecular weight excluding hydrogens is 136 g/mol. The first kappa shape index (κ1) is 8.18. The minimum Gasteiger partial charge on any atom is -0.241 e. The summed E-state index contributed by atoms with van der Waals surface area (Å²) < 4.78 is 0. The maximum Gasteiger partial charge on any atom is 0.125 e. The zero-order chi connectivity index (χ0) is 6.97. The lowest BCUT2D eigenvalue weighted by Gasteiger charge is -1.94. The van der Waals surface area contributed by atoms with E-state index < -0.39 is 0 Å². The summed E-state index contributed by atoms with van der Waals surface area (Å²) in [4.78, 5) is 8.26. The van der Waals surface area contributed by atoms with Crippen molar-refractivity contribution in [2.24, 2.45) is 0 Å². The number of hydrogen-bond acceptors (Lipinski definition) is 2. The van der Waals surface area contributed by atoms with Gasteiger partial charge in [-0.2, -0.15) is 0 Å². The molecule has 0 spiro atoms. The lowest BCUT2D eigenvalue weighted by atomic mass is 10.2. The van der Waals surface area contributed by atoms with Gasteiger partial charge in [-0.15, -0.1) is 0 Å². The van der Waals surface area contributed by atoms with E-state index >= 15 is 0 Å².